The van der Waals surface area contributed by atoms with Crippen molar-refractivity contribution in [1.29, 1.82) is 0 Å². The predicted molar refractivity (Wildman–Crippen MR) is 87.7 cm³/mol. The number of nitrogens with one attached hydrogen (secondary N) is 2. The molecule has 8 heteroatoms. The molecule has 1 aliphatic heterocycles. The molecule has 3 N–H and O–H groups in total. The summed E-state index contributed by atoms with van der Waals surface area (Å²) in [4.78, 5) is 15.2. The van der Waals surface area contributed by atoms with Gasteiger partial charge in [0.2, 0.25) is 11.9 Å². The van der Waals surface area contributed by atoms with Gasteiger partial charge >= 0.3 is 0 Å². The second-order valence-corrected chi connectivity index (χ2v) is 6.31. The zero-order valence-electron chi connectivity index (χ0n) is 13.5. The largest absolute Gasteiger partial charge is 0.391 e. The number of rotatable bonds is 5. The highest BCUT2D eigenvalue weighted by molar-refractivity contribution is 5.48. The van der Waals surface area contributed by atoms with Gasteiger partial charge in [-0.2, -0.15) is 9.97 Å². The summed E-state index contributed by atoms with van der Waals surface area (Å²) in [5.74, 6) is 3.09. The Balaban J connectivity index is 1.68. The average Bonchev–Trinajstić information content (AvgIpc) is 2.94. The summed E-state index contributed by atoms with van der Waals surface area (Å²) in [6.07, 6.45) is 4.08. The number of hydrogen-bond donors (Lipinski definition) is 3. The smallest absolute Gasteiger partial charge is 0.248 e. The molecular formula is C15H23N7O. The van der Waals surface area contributed by atoms with Gasteiger partial charge in [-0.3, -0.25) is 10.4 Å². The van der Waals surface area contributed by atoms with Gasteiger partial charge in [0.15, 0.2) is 0 Å². The first kappa shape index (κ1) is 15.7. The van der Waals surface area contributed by atoms with Crippen molar-refractivity contribution in [3.05, 3.63) is 18.1 Å². The molecular weight excluding hydrogens is 294 g/mol. The van der Waals surface area contributed by atoms with E-state index in [0.717, 1.165) is 37.4 Å². The highest BCUT2D eigenvalue weighted by Gasteiger charge is 2.19. The van der Waals surface area contributed by atoms with Gasteiger partial charge in [0, 0.05) is 25.7 Å². The van der Waals surface area contributed by atoms with E-state index in [4.69, 9.17) is 0 Å². The van der Waals surface area contributed by atoms with Crippen molar-refractivity contribution in [3.8, 4) is 0 Å². The Morgan fingerprint density at radius 3 is 3.04 bits per heavy atom. The van der Waals surface area contributed by atoms with Crippen LogP contribution in [0.3, 0.4) is 0 Å². The monoisotopic (exact) mass is 317 g/mol. The second kappa shape index (κ2) is 6.91. The molecule has 23 heavy (non-hydrogen) atoms. The normalized spacial score (nSPS) is 18.4. The lowest BCUT2D eigenvalue weighted by molar-refractivity contribution is 0.154. The van der Waals surface area contributed by atoms with Crippen LogP contribution in [0, 0.1) is 5.92 Å². The fourth-order valence-corrected chi connectivity index (χ4v) is 2.68. The molecule has 2 aromatic heterocycles. The van der Waals surface area contributed by atoms with E-state index in [9.17, 15) is 5.11 Å². The first-order chi connectivity index (χ1) is 11.1. The van der Waals surface area contributed by atoms with Gasteiger partial charge in [-0.05, 0) is 24.8 Å². The first-order valence-electron chi connectivity index (χ1n) is 8.04. The van der Waals surface area contributed by atoms with Gasteiger partial charge < -0.3 is 10.0 Å². The zero-order valence-corrected chi connectivity index (χ0v) is 13.5. The third-order valence-electron chi connectivity index (χ3n) is 3.72. The fourth-order valence-electron chi connectivity index (χ4n) is 2.68. The molecule has 1 aliphatic rings. The molecule has 1 fully saturated rings. The minimum absolute atomic E-state index is 0.290. The predicted octanol–water partition coefficient (Wildman–Crippen LogP) is 1.50. The number of piperidine rings is 1. The number of H-pyrrole nitrogens is 1. The van der Waals surface area contributed by atoms with Gasteiger partial charge in [0.25, 0.3) is 0 Å². The Hall–Kier alpha value is -2.22. The highest BCUT2D eigenvalue weighted by Crippen LogP contribution is 2.19. The Morgan fingerprint density at radius 2 is 2.26 bits per heavy atom. The van der Waals surface area contributed by atoms with E-state index in [0.29, 0.717) is 24.4 Å². The van der Waals surface area contributed by atoms with Crippen molar-refractivity contribution < 1.29 is 5.11 Å². The van der Waals surface area contributed by atoms with E-state index in [1.807, 2.05) is 6.07 Å². The summed E-state index contributed by atoms with van der Waals surface area (Å²) >= 11 is 0. The number of hydrogen-bond acceptors (Lipinski definition) is 7. The zero-order chi connectivity index (χ0) is 16.2. The molecule has 0 spiro atoms. The van der Waals surface area contributed by atoms with Crippen LogP contribution < -0.4 is 10.2 Å². The van der Waals surface area contributed by atoms with E-state index in [2.05, 4.69) is 49.2 Å². The third-order valence-corrected chi connectivity index (χ3v) is 3.72. The van der Waals surface area contributed by atoms with Crippen LogP contribution in [0.15, 0.2) is 12.3 Å². The molecule has 1 atom stereocenters. The Kier molecular flexibility index (Phi) is 4.71. The lowest BCUT2D eigenvalue weighted by atomic mass is 10.1. The van der Waals surface area contributed by atoms with Crippen molar-refractivity contribution in [2.45, 2.75) is 39.2 Å². The van der Waals surface area contributed by atoms with Crippen LogP contribution in [0.25, 0.3) is 0 Å². The molecule has 0 aliphatic carbocycles. The Morgan fingerprint density at radius 1 is 1.39 bits per heavy atom. The molecule has 3 rings (SSSR count). The lowest BCUT2D eigenvalue weighted by Gasteiger charge is -2.30. The Bertz CT molecular complexity index is 642. The molecule has 0 aromatic carbocycles. The van der Waals surface area contributed by atoms with E-state index in [-0.39, 0.29) is 6.10 Å². The molecule has 3 heterocycles. The molecule has 2 aromatic rings. The fraction of sp³-hybridized carbons (Fsp3) is 0.600. The molecule has 0 radical (unpaired) electrons. The lowest BCUT2D eigenvalue weighted by Crippen LogP contribution is -2.38. The highest BCUT2D eigenvalue weighted by atomic mass is 16.3. The van der Waals surface area contributed by atoms with Gasteiger partial charge in [-0.1, -0.05) is 13.8 Å². The Labute approximate surface area is 135 Å². The van der Waals surface area contributed by atoms with Crippen LogP contribution in [0.5, 0.6) is 0 Å². The number of aliphatic hydroxyl groups is 1. The SMILES string of the molecule is CC(C)Cc1nc(Nc2nccc(N3CCCC(O)C3)n2)n[nH]1. The summed E-state index contributed by atoms with van der Waals surface area (Å²) in [5.41, 5.74) is 0. The van der Waals surface area contributed by atoms with Crippen molar-refractivity contribution in [2.24, 2.45) is 5.92 Å². The number of aromatic nitrogens is 5. The van der Waals surface area contributed by atoms with Gasteiger partial charge in [-0.15, -0.1) is 5.10 Å². The van der Waals surface area contributed by atoms with Crippen molar-refractivity contribution in [3.63, 3.8) is 0 Å². The van der Waals surface area contributed by atoms with Crippen LogP contribution in [0.4, 0.5) is 17.7 Å². The van der Waals surface area contributed by atoms with Crippen LogP contribution >= 0.6 is 0 Å². The number of aliphatic hydroxyl groups excluding tert-OH is 1. The molecule has 1 unspecified atom stereocenters. The molecule has 124 valence electrons. The number of β-amino-alcohol motifs (C(OH)–C–C–N with tert-alkyl or cyclic N) is 1. The average molecular weight is 317 g/mol. The summed E-state index contributed by atoms with van der Waals surface area (Å²) in [5, 5.41) is 19.9. The van der Waals surface area contributed by atoms with Crippen LogP contribution in [0.1, 0.15) is 32.5 Å². The minimum atomic E-state index is -0.290. The third kappa shape index (κ3) is 4.16. The van der Waals surface area contributed by atoms with E-state index in [1.54, 1.807) is 6.20 Å². The summed E-state index contributed by atoms with van der Waals surface area (Å²) < 4.78 is 0. The maximum absolute atomic E-state index is 9.80. The molecule has 8 nitrogen and oxygen atoms in total. The van der Waals surface area contributed by atoms with Crippen LogP contribution in [-0.2, 0) is 6.42 Å². The molecule has 0 bridgehead atoms. The van der Waals surface area contributed by atoms with E-state index in [1.165, 1.54) is 0 Å². The summed E-state index contributed by atoms with van der Waals surface area (Å²) in [7, 11) is 0. The minimum Gasteiger partial charge on any atom is -0.391 e. The van der Waals surface area contributed by atoms with Crippen molar-refractivity contribution in [1.82, 2.24) is 25.1 Å². The van der Waals surface area contributed by atoms with Crippen molar-refractivity contribution in [2.75, 3.05) is 23.3 Å². The maximum Gasteiger partial charge on any atom is 0.248 e. The molecule has 1 saturated heterocycles. The number of anilines is 3. The van der Waals surface area contributed by atoms with Gasteiger partial charge in [-0.25, -0.2) is 4.98 Å². The van der Waals surface area contributed by atoms with Gasteiger partial charge in [0.05, 0.1) is 6.10 Å². The first-order valence-corrected chi connectivity index (χ1v) is 8.04. The van der Waals surface area contributed by atoms with Crippen molar-refractivity contribution >= 4 is 17.7 Å². The van der Waals surface area contributed by atoms with Crippen LogP contribution in [-0.4, -0.2) is 49.4 Å². The van der Waals surface area contributed by atoms with Crippen LogP contribution in [0.2, 0.25) is 0 Å². The second-order valence-electron chi connectivity index (χ2n) is 6.31. The number of aromatic amines is 1. The maximum atomic E-state index is 9.80. The quantitative estimate of drug-likeness (QED) is 0.768. The van der Waals surface area contributed by atoms with E-state index >= 15 is 0 Å². The molecule has 0 saturated carbocycles. The summed E-state index contributed by atoms with van der Waals surface area (Å²) in [6, 6.07) is 1.85. The summed E-state index contributed by atoms with van der Waals surface area (Å²) in [6.45, 7) is 5.77. The number of nitrogens with zero attached hydrogens (tertiary/aromatic N) is 5. The molecule has 0 amide bonds. The standard InChI is InChI=1S/C15H23N7O/c1-10(2)8-12-17-15(21-20-12)19-14-16-6-5-13(18-14)22-7-3-4-11(23)9-22/h5-6,10-11,23H,3-4,7-9H2,1-2H3,(H2,16,17,18,19,20,21). The van der Waals surface area contributed by atoms with Gasteiger partial charge in [0.1, 0.15) is 11.6 Å². The van der Waals surface area contributed by atoms with E-state index < -0.39 is 0 Å². The topological polar surface area (TPSA) is 103 Å².